The van der Waals surface area contributed by atoms with Crippen LogP contribution in [0.4, 0.5) is 17.6 Å². The van der Waals surface area contributed by atoms with Crippen LogP contribution >= 0.6 is 0 Å². The molecule has 1 aliphatic heterocycles. The number of benzene rings is 4. The molecule has 0 radical (unpaired) electrons. The first-order valence-electron chi connectivity index (χ1n) is 18.2. The Labute approximate surface area is 321 Å². The van der Waals surface area contributed by atoms with Crippen LogP contribution in [0.3, 0.4) is 0 Å². The molecule has 0 aliphatic carbocycles. The molecule has 0 fully saturated rings. The van der Waals surface area contributed by atoms with E-state index in [-0.39, 0.29) is 22.7 Å². The number of fused-ring (bicyclic) bond motifs is 2. The number of halogens is 4. The summed E-state index contributed by atoms with van der Waals surface area (Å²) in [4.78, 5) is 30.9. The van der Waals surface area contributed by atoms with Crippen molar-refractivity contribution in [3.63, 3.8) is 0 Å². The summed E-state index contributed by atoms with van der Waals surface area (Å²) >= 11 is 0. The normalized spacial score (nSPS) is 13.6. The lowest BCUT2D eigenvalue weighted by Crippen LogP contribution is -2.33. The van der Waals surface area contributed by atoms with Crippen molar-refractivity contribution in [1.29, 1.82) is 0 Å². The van der Waals surface area contributed by atoms with Crippen molar-refractivity contribution >= 4 is 17.4 Å². The number of rotatable bonds is 9. The fourth-order valence-corrected chi connectivity index (χ4v) is 7.07. The predicted octanol–water partition coefficient (Wildman–Crippen LogP) is 10.0. The number of ether oxygens (including phenoxy) is 3. The molecule has 0 N–H and O–H groups in total. The predicted molar refractivity (Wildman–Crippen MR) is 204 cm³/mol. The summed E-state index contributed by atoms with van der Waals surface area (Å²) < 4.78 is 74.5. The van der Waals surface area contributed by atoms with Crippen LogP contribution < -0.4 is 4.74 Å². The Morgan fingerprint density at radius 1 is 0.875 bits per heavy atom. The van der Waals surface area contributed by atoms with Gasteiger partial charge >= 0.3 is 12.1 Å². The molecule has 3 heterocycles. The maximum Gasteiger partial charge on any atom is 0.453 e. The molecule has 1 aliphatic rings. The largest absolute Gasteiger partial charge is 0.490 e. The molecule has 0 saturated heterocycles. The first-order valence-corrected chi connectivity index (χ1v) is 18.2. The number of aromatic nitrogens is 3. The number of esters is 1. The van der Waals surface area contributed by atoms with Gasteiger partial charge in [-0.15, -0.1) is 0 Å². The van der Waals surface area contributed by atoms with E-state index < -0.39 is 42.1 Å². The third-order valence-electron chi connectivity index (χ3n) is 9.60. The van der Waals surface area contributed by atoms with E-state index in [0.717, 1.165) is 22.3 Å². The maximum atomic E-state index is 16.2. The van der Waals surface area contributed by atoms with Gasteiger partial charge in [-0.2, -0.15) is 18.3 Å². The maximum absolute atomic E-state index is 16.2. The summed E-state index contributed by atoms with van der Waals surface area (Å²) in [6.45, 7) is 7.24. The Morgan fingerprint density at radius 3 is 2.18 bits per heavy atom. The van der Waals surface area contributed by atoms with Crippen molar-refractivity contribution in [3.05, 3.63) is 119 Å². The van der Waals surface area contributed by atoms with Gasteiger partial charge < -0.3 is 14.2 Å². The van der Waals surface area contributed by atoms with Crippen molar-refractivity contribution in [2.24, 2.45) is 0 Å². The lowest BCUT2D eigenvalue weighted by Gasteiger charge is -2.29. The summed E-state index contributed by atoms with van der Waals surface area (Å²) in [5.41, 5.74) is 6.12. The molecule has 12 heteroatoms. The third kappa shape index (κ3) is 7.53. The van der Waals surface area contributed by atoms with E-state index in [2.05, 4.69) is 0 Å². The fraction of sp³-hybridized carbons (Fsp3) is 0.273. The molecule has 4 aromatic carbocycles. The van der Waals surface area contributed by atoms with Crippen molar-refractivity contribution < 1.29 is 41.4 Å². The monoisotopic (exact) mass is 765 g/mol. The summed E-state index contributed by atoms with van der Waals surface area (Å²) in [5, 5.41) is 5.16. The van der Waals surface area contributed by atoms with E-state index >= 15 is 4.39 Å². The van der Waals surface area contributed by atoms with Crippen LogP contribution in [0.2, 0.25) is 0 Å². The quantitative estimate of drug-likeness (QED) is 0.107. The minimum absolute atomic E-state index is 0.0859. The van der Waals surface area contributed by atoms with Gasteiger partial charge in [-0.25, -0.2) is 18.7 Å². The third-order valence-corrected chi connectivity index (χ3v) is 9.60. The van der Waals surface area contributed by atoms with Gasteiger partial charge in [0, 0.05) is 27.9 Å². The summed E-state index contributed by atoms with van der Waals surface area (Å²) in [5.74, 6) is -3.99. The van der Waals surface area contributed by atoms with Gasteiger partial charge in [-0.1, -0.05) is 78.9 Å². The highest BCUT2D eigenvalue weighted by Crippen LogP contribution is 2.45. The van der Waals surface area contributed by atoms with Crippen LogP contribution in [-0.2, 0) is 25.5 Å². The minimum atomic E-state index is -5.22. The lowest BCUT2D eigenvalue weighted by atomic mass is 9.90. The van der Waals surface area contributed by atoms with Crippen LogP contribution in [0.5, 0.6) is 5.75 Å². The van der Waals surface area contributed by atoms with Gasteiger partial charge in [0.1, 0.15) is 5.69 Å². The Balaban J connectivity index is 1.57. The molecular formula is C44H39F4N3O5. The average molecular weight is 766 g/mol. The van der Waals surface area contributed by atoms with Gasteiger partial charge in [0.05, 0.1) is 23.5 Å². The van der Waals surface area contributed by atoms with E-state index in [1.807, 2.05) is 91.9 Å². The van der Waals surface area contributed by atoms with Crippen LogP contribution in [0.25, 0.3) is 50.4 Å². The number of alkyl halides is 3. The van der Waals surface area contributed by atoms with Gasteiger partial charge in [0.15, 0.2) is 29.9 Å². The zero-order chi connectivity index (χ0) is 39.9. The molecule has 2 aromatic heterocycles. The molecule has 0 spiro atoms. The highest BCUT2D eigenvalue weighted by molar-refractivity contribution is 5.94. The molecule has 0 amide bonds. The second-order valence-corrected chi connectivity index (χ2v) is 14.7. The van der Waals surface area contributed by atoms with Crippen LogP contribution in [-0.4, -0.2) is 51.3 Å². The average Bonchev–Trinajstić information content (AvgIpc) is 3.56. The zero-order valence-electron chi connectivity index (χ0n) is 31.5. The SMILES string of the molecule is Cc1nc2c(-c3cccc(-c4ccccc4)c3)c(-c3ccccc3)nn2c(-c2cc(F)c3c(c2C)CCCO3)c1[C@H](OC(C)(C)C)C(=O)OCC(=O)C(F)(F)F. The van der Waals surface area contributed by atoms with Gasteiger partial charge in [0.2, 0.25) is 0 Å². The van der Waals surface area contributed by atoms with E-state index in [4.69, 9.17) is 24.3 Å². The van der Waals surface area contributed by atoms with E-state index in [1.165, 1.54) is 6.07 Å². The zero-order valence-corrected chi connectivity index (χ0v) is 31.5. The smallest absolute Gasteiger partial charge is 0.453 e. The van der Waals surface area contributed by atoms with Crippen molar-refractivity contribution in [3.8, 4) is 50.5 Å². The Bertz CT molecular complexity index is 2460. The van der Waals surface area contributed by atoms with Gasteiger partial charge in [-0.05, 0) is 81.8 Å². The number of carbonyl (C=O) groups is 2. The second kappa shape index (κ2) is 15.0. The summed E-state index contributed by atoms with van der Waals surface area (Å²) in [6.07, 6.45) is -5.78. The Morgan fingerprint density at radius 2 is 1.52 bits per heavy atom. The molecule has 288 valence electrons. The topological polar surface area (TPSA) is 92.0 Å². The molecule has 56 heavy (non-hydrogen) atoms. The van der Waals surface area contributed by atoms with Gasteiger partial charge in [-0.3, -0.25) is 4.79 Å². The van der Waals surface area contributed by atoms with Crippen molar-refractivity contribution in [2.45, 2.75) is 65.3 Å². The summed E-state index contributed by atoms with van der Waals surface area (Å²) in [7, 11) is 0. The number of carbonyl (C=O) groups excluding carboxylic acids is 2. The molecule has 0 unspecified atom stereocenters. The number of ketones is 1. The molecule has 6 aromatic rings. The number of hydrogen-bond acceptors (Lipinski definition) is 7. The van der Waals surface area contributed by atoms with Crippen molar-refractivity contribution in [1.82, 2.24) is 14.6 Å². The number of aryl methyl sites for hydroxylation is 1. The number of Topliss-reactive ketones (excluding diaryl/α,β-unsaturated/α-hetero) is 1. The number of nitrogens with zero attached hydrogens (tertiary/aromatic N) is 3. The standard InChI is InChI=1S/C44H39F4N3O5/c1-25-31-20-13-21-54-39(31)33(45)23-32(25)38-35(40(56-43(3,4)5)42(53)55-24-34(52)44(46,47)48)26(2)49-41-36(37(50-51(38)41)28-16-10-7-11-17-28)30-19-12-18-29(22-30)27-14-8-6-9-15-27/h6-12,14-19,22-23,40H,13,20-21,24H2,1-5H3/t40-/m0/s1. The second-order valence-electron chi connectivity index (χ2n) is 14.7. The molecule has 8 nitrogen and oxygen atoms in total. The fourth-order valence-electron chi connectivity index (χ4n) is 7.07. The van der Waals surface area contributed by atoms with Crippen LogP contribution in [0, 0.1) is 19.7 Å². The van der Waals surface area contributed by atoms with Gasteiger partial charge in [0.25, 0.3) is 5.78 Å². The molecule has 1 atom stereocenters. The van der Waals surface area contributed by atoms with Crippen molar-refractivity contribution in [2.75, 3.05) is 13.2 Å². The van der Waals surface area contributed by atoms with E-state index in [9.17, 15) is 22.8 Å². The van der Waals surface area contributed by atoms with Crippen LogP contribution in [0.1, 0.15) is 55.7 Å². The molecule has 0 bridgehead atoms. The van der Waals surface area contributed by atoms with E-state index in [0.29, 0.717) is 53.0 Å². The molecular weight excluding hydrogens is 726 g/mol. The Kier molecular flexibility index (Phi) is 10.3. The first kappa shape index (κ1) is 38.4. The van der Waals surface area contributed by atoms with E-state index in [1.54, 1.807) is 32.2 Å². The number of hydrogen-bond donors (Lipinski definition) is 0. The highest BCUT2D eigenvalue weighted by atomic mass is 19.4. The molecule has 7 rings (SSSR count). The summed E-state index contributed by atoms with van der Waals surface area (Å²) in [6, 6.07) is 28.5. The lowest BCUT2D eigenvalue weighted by molar-refractivity contribution is -0.183. The highest BCUT2D eigenvalue weighted by Gasteiger charge is 2.41. The first-order chi connectivity index (χ1) is 26.6. The minimum Gasteiger partial charge on any atom is -0.490 e. The van der Waals surface area contributed by atoms with Crippen LogP contribution in [0.15, 0.2) is 91.0 Å². The Hall–Kier alpha value is -5.88. The molecule has 0 saturated carbocycles.